The molecule has 8 nitrogen and oxygen atoms in total. The molecule has 208 valence electrons. The van der Waals surface area contributed by atoms with Crippen LogP contribution in [0.5, 0.6) is 0 Å². The molecule has 0 unspecified atom stereocenters. The smallest absolute Gasteiger partial charge is 0.407 e. The fraction of sp³-hybridized carbons (Fsp3) is 0.500. The molecule has 2 rings (SSSR count). The molecule has 38 heavy (non-hydrogen) atoms. The van der Waals surface area contributed by atoms with E-state index in [4.69, 9.17) is 9.47 Å². The van der Waals surface area contributed by atoms with Crippen LogP contribution >= 0.6 is 0 Å². The molecule has 0 saturated carbocycles. The molecule has 3 N–H and O–H groups in total. The maximum atomic E-state index is 13.5. The van der Waals surface area contributed by atoms with Crippen LogP contribution < -0.4 is 10.6 Å². The summed E-state index contributed by atoms with van der Waals surface area (Å²) in [4.78, 5) is 38.4. The number of carbonyl (C=O) groups is 3. The number of carbonyl (C=O) groups excluding carboxylic acids is 3. The Morgan fingerprint density at radius 1 is 0.868 bits per heavy atom. The second-order valence-corrected chi connectivity index (χ2v) is 10.9. The van der Waals surface area contributed by atoms with Gasteiger partial charge in [-0.1, -0.05) is 74.5 Å². The van der Waals surface area contributed by atoms with E-state index >= 15 is 0 Å². The van der Waals surface area contributed by atoms with E-state index in [9.17, 15) is 19.5 Å². The van der Waals surface area contributed by atoms with Crippen molar-refractivity contribution in [3.8, 4) is 0 Å². The van der Waals surface area contributed by atoms with Crippen LogP contribution in [0.2, 0.25) is 0 Å². The van der Waals surface area contributed by atoms with E-state index in [0.717, 1.165) is 11.1 Å². The Labute approximate surface area is 226 Å². The summed E-state index contributed by atoms with van der Waals surface area (Å²) < 4.78 is 10.3. The minimum atomic E-state index is -1.07. The largest absolute Gasteiger partial charge is 0.467 e. The van der Waals surface area contributed by atoms with Crippen LogP contribution in [0.4, 0.5) is 4.79 Å². The molecule has 2 aromatic rings. The molecule has 0 spiro atoms. The molecule has 0 aliphatic rings. The van der Waals surface area contributed by atoms with Crippen molar-refractivity contribution < 1.29 is 29.0 Å². The second-order valence-electron chi connectivity index (χ2n) is 10.9. The highest BCUT2D eigenvalue weighted by Gasteiger charge is 2.33. The zero-order chi connectivity index (χ0) is 28.3. The number of nitrogens with one attached hydrogen (secondary N) is 2. The van der Waals surface area contributed by atoms with Gasteiger partial charge in [-0.05, 0) is 57.1 Å². The summed E-state index contributed by atoms with van der Waals surface area (Å²) >= 11 is 0. The summed E-state index contributed by atoms with van der Waals surface area (Å²) in [6, 6.07) is 17.4. The first-order valence-corrected chi connectivity index (χ1v) is 13.0. The molecule has 0 saturated heterocycles. The zero-order valence-electron chi connectivity index (χ0n) is 23.3. The fourth-order valence-electron chi connectivity index (χ4n) is 4.14. The lowest BCUT2D eigenvalue weighted by Crippen LogP contribution is -2.50. The van der Waals surface area contributed by atoms with Gasteiger partial charge in [0.25, 0.3) is 0 Å². The number of benzene rings is 2. The summed E-state index contributed by atoms with van der Waals surface area (Å²) in [5.74, 6) is -1.75. The van der Waals surface area contributed by atoms with Crippen molar-refractivity contribution in [3.05, 3.63) is 71.8 Å². The molecule has 0 aliphatic carbocycles. The van der Waals surface area contributed by atoms with Gasteiger partial charge in [0.05, 0.1) is 19.3 Å². The first kappa shape index (κ1) is 30.8. The monoisotopic (exact) mass is 526 g/mol. The predicted octanol–water partition coefficient (Wildman–Crippen LogP) is 4.05. The summed E-state index contributed by atoms with van der Waals surface area (Å²) in [6.07, 6.45) is -0.970. The number of hydrogen-bond acceptors (Lipinski definition) is 6. The molecule has 0 bridgehead atoms. The highest BCUT2D eigenvalue weighted by Crippen LogP contribution is 2.20. The molecule has 2 amide bonds. The van der Waals surface area contributed by atoms with Crippen molar-refractivity contribution in [1.29, 1.82) is 0 Å². The molecule has 8 heteroatoms. The van der Waals surface area contributed by atoms with Crippen LogP contribution in [0.15, 0.2) is 60.7 Å². The minimum Gasteiger partial charge on any atom is -0.467 e. The predicted molar refractivity (Wildman–Crippen MR) is 146 cm³/mol. The average Bonchev–Trinajstić information content (AvgIpc) is 2.85. The number of rotatable bonds is 12. The zero-order valence-corrected chi connectivity index (χ0v) is 23.3. The number of methoxy groups -OCH3 is 1. The van der Waals surface area contributed by atoms with Gasteiger partial charge >= 0.3 is 12.1 Å². The Bertz CT molecular complexity index is 1020. The number of aliphatic hydroxyl groups excluding tert-OH is 1. The van der Waals surface area contributed by atoms with Gasteiger partial charge < -0.3 is 25.2 Å². The third-order valence-electron chi connectivity index (χ3n) is 6.11. The van der Waals surface area contributed by atoms with E-state index in [-0.39, 0.29) is 18.2 Å². The van der Waals surface area contributed by atoms with Crippen LogP contribution in [0.3, 0.4) is 0 Å². The Hall–Kier alpha value is -3.39. The van der Waals surface area contributed by atoms with Crippen LogP contribution in [0.25, 0.3) is 0 Å². The number of alkyl carbamates (subject to hydrolysis) is 1. The van der Waals surface area contributed by atoms with Gasteiger partial charge in [0, 0.05) is 5.92 Å². The summed E-state index contributed by atoms with van der Waals surface area (Å²) in [6.45, 7) is 8.94. The molecule has 0 aromatic heterocycles. The van der Waals surface area contributed by atoms with Gasteiger partial charge in [0.2, 0.25) is 5.91 Å². The Morgan fingerprint density at radius 3 is 1.87 bits per heavy atom. The van der Waals surface area contributed by atoms with Crippen LogP contribution in [-0.2, 0) is 31.9 Å². The molecule has 0 fully saturated rings. The van der Waals surface area contributed by atoms with E-state index in [1.165, 1.54) is 7.11 Å². The molecule has 4 atom stereocenters. The molecule has 0 radical (unpaired) electrons. The van der Waals surface area contributed by atoms with Gasteiger partial charge in [0.1, 0.15) is 11.6 Å². The molecule has 0 heterocycles. The standard InChI is InChI=1S/C30H42N2O6/c1-20(2)26(28(35)37-6)32-27(34)23(17-21-13-9-7-10-14-21)19-25(33)24(18-22-15-11-8-12-16-22)31-29(36)38-30(3,4)5/h7-16,20,23-26,33H,17-19H2,1-6H3,(H,31,36)(H,32,34)/t23-,24-,25-,26-/m0/s1. The van der Waals surface area contributed by atoms with Crippen LogP contribution in [0, 0.1) is 11.8 Å². The van der Waals surface area contributed by atoms with E-state index in [1.807, 2.05) is 74.5 Å². The van der Waals surface area contributed by atoms with Crippen molar-refractivity contribution in [1.82, 2.24) is 10.6 Å². The Kier molecular flexibility index (Phi) is 11.8. The first-order valence-electron chi connectivity index (χ1n) is 13.0. The highest BCUT2D eigenvalue weighted by molar-refractivity contribution is 5.86. The summed E-state index contributed by atoms with van der Waals surface area (Å²) in [5, 5.41) is 17.0. The lowest BCUT2D eigenvalue weighted by molar-refractivity contribution is -0.147. The SMILES string of the molecule is COC(=O)[C@@H](NC(=O)[C@@H](Cc1ccccc1)C[C@H](O)[C@H](Cc1ccccc1)NC(=O)OC(C)(C)C)C(C)C. The number of amides is 2. The third kappa shape index (κ3) is 10.5. The van der Waals surface area contributed by atoms with Crippen LogP contribution in [0.1, 0.15) is 52.2 Å². The van der Waals surface area contributed by atoms with Gasteiger partial charge in [-0.3, -0.25) is 4.79 Å². The van der Waals surface area contributed by atoms with Gasteiger partial charge in [0.15, 0.2) is 0 Å². The lowest BCUT2D eigenvalue weighted by Gasteiger charge is -2.30. The molecule has 0 aliphatic heterocycles. The number of hydrogen-bond donors (Lipinski definition) is 3. The molecular formula is C30H42N2O6. The minimum absolute atomic E-state index is 0.0556. The topological polar surface area (TPSA) is 114 Å². The fourth-order valence-corrected chi connectivity index (χ4v) is 4.14. The quantitative estimate of drug-likeness (QED) is 0.360. The Balaban J connectivity index is 2.29. The highest BCUT2D eigenvalue weighted by atomic mass is 16.6. The number of esters is 1. The van der Waals surface area contributed by atoms with Crippen LogP contribution in [-0.4, -0.2) is 54.0 Å². The molecule has 2 aromatic carbocycles. The Morgan fingerprint density at radius 2 is 1.39 bits per heavy atom. The third-order valence-corrected chi connectivity index (χ3v) is 6.11. The number of ether oxygens (including phenoxy) is 2. The lowest BCUT2D eigenvalue weighted by atomic mass is 9.88. The van der Waals surface area contributed by atoms with Gasteiger partial charge in [-0.2, -0.15) is 0 Å². The van der Waals surface area contributed by atoms with Crippen molar-refractivity contribution in [2.45, 2.75) is 77.7 Å². The van der Waals surface area contributed by atoms with E-state index in [2.05, 4.69) is 10.6 Å². The van der Waals surface area contributed by atoms with Gasteiger partial charge in [-0.25, -0.2) is 9.59 Å². The van der Waals surface area contributed by atoms with Crippen molar-refractivity contribution in [2.24, 2.45) is 11.8 Å². The van der Waals surface area contributed by atoms with E-state index in [0.29, 0.717) is 12.8 Å². The second kappa shape index (κ2) is 14.5. The van der Waals surface area contributed by atoms with E-state index in [1.54, 1.807) is 20.8 Å². The maximum Gasteiger partial charge on any atom is 0.407 e. The normalized spacial score (nSPS) is 14.6. The van der Waals surface area contributed by atoms with Crippen molar-refractivity contribution in [2.75, 3.05) is 7.11 Å². The maximum absolute atomic E-state index is 13.5. The van der Waals surface area contributed by atoms with Gasteiger partial charge in [-0.15, -0.1) is 0 Å². The van der Waals surface area contributed by atoms with E-state index < -0.39 is 41.8 Å². The molecular weight excluding hydrogens is 484 g/mol. The average molecular weight is 527 g/mol. The number of aliphatic hydroxyl groups is 1. The summed E-state index contributed by atoms with van der Waals surface area (Å²) in [5.41, 5.74) is 1.13. The van der Waals surface area contributed by atoms with Crippen molar-refractivity contribution >= 4 is 18.0 Å². The first-order chi connectivity index (χ1) is 17.9. The van der Waals surface area contributed by atoms with Crippen molar-refractivity contribution in [3.63, 3.8) is 0 Å². The summed E-state index contributed by atoms with van der Waals surface area (Å²) in [7, 11) is 1.28.